The van der Waals surface area contributed by atoms with E-state index < -0.39 is 5.24 Å². The summed E-state index contributed by atoms with van der Waals surface area (Å²) in [7, 11) is 1.50. The van der Waals surface area contributed by atoms with E-state index in [9.17, 15) is 4.79 Å². The number of carbonyl (C=O) groups is 1. The molecular weight excluding hydrogens is 202 g/mol. The first-order valence-corrected chi connectivity index (χ1v) is 4.30. The number of hydrogen-bond donors (Lipinski definition) is 0. The van der Waals surface area contributed by atoms with Gasteiger partial charge in [-0.05, 0) is 35.4 Å². The fourth-order valence-electron chi connectivity index (χ4n) is 1.11. The van der Waals surface area contributed by atoms with Gasteiger partial charge in [0.05, 0.1) is 18.7 Å². The second-order valence-corrected chi connectivity index (χ2v) is 3.14. The van der Waals surface area contributed by atoms with Gasteiger partial charge in [-0.1, -0.05) is 0 Å². The van der Waals surface area contributed by atoms with Crippen LogP contribution in [-0.2, 0) is 11.2 Å². The Morgan fingerprint density at radius 1 is 1.57 bits per heavy atom. The van der Waals surface area contributed by atoms with E-state index in [1.54, 1.807) is 18.2 Å². The van der Waals surface area contributed by atoms with Gasteiger partial charge in [0.15, 0.2) is 0 Å². The zero-order chi connectivity index (χ0) is 10.6. The van der Waals surface area contributed by atoms with Gasteiger partial charge in [-0.25, -0.2) is 0 Å². The first-order chi connectivity index (χ1) is 6.65. The number of rotatable bonds is 3. The fraction of sp³-hybridized carbons (Fsp3) is 0.200. The number of carbonyl (C=O) groups excluding carboxylic acids is 1. The zero-order valence-corrected chi connectivity index (χ0v) is 8.34. The molecule has 0 aliphatic rings. The Hall–Kier alpha value is -1.53. The molecule has 0 atom stereocenters. The number of nitriles is 1. The molecule has 0 aromatic heterocycles. The zero-order valence-electron chi connectivity index (χ0n) is 7.58. The van der Waals surface area contributed by atoms with Crippen LogP contribution in [0.4, 0.5) is 0 Å². The molecule has 0 aliphatic carbocycles. The Morgan fingerprint density at radius 3 is 2.79 bits per heavy atom. The summed E-state index contributed by atoms with van der Waals surface area (Å²) in [5.74, 6) is 0.553. The molecule has 0 spiro atoms. The standard InChI is InChI=1S/C10H8ClNO2/c1-14-9-3-7(5-10(11)13)2-8(4-9)6-12/h2-4H,5H2,1H3. The van der Waals surface area contributed by atoms with Crippen LogP contribution >= 0.6 is 11.6 Å². The van der Waals surface area contributed by atoms with E-state index in [-0.39, 0.29) is 6.42 Å². The highest BCUT2D eigenvalue weighted by atomic mass is 35.5. The molecule has 0 amide bonds. The summed E-state index contributed by atoms with van der Waals surface area (Å²) in [6, 6.07) is 6.88. The van der Waals surface area contributed by atoms with Crippen molar-refractivity contribution in [3.05, 3.63) is 29.3 Å². The van der Waals surface area contributed by atoms with Crippen LogP contribution in [0.25, 0.3) is 0 Å². The largest absolute Gasteiger partial charge is 0.497 e. The third-order valence-corrected chi connectivity index (χ3v) is 1.81. The molecule has 14 heavy (non-hydrogen) atoms. The lowest BCUT2D eigenvalue weighted by Gasteiger charge is -2.03. The molecule has 1 rings (SSSR count). The number of hydrogen-bond acceptors (Lipinski definition) is 3. The maximum Gasteiger partial charge on any atom is 0.226 e. The first kappa shape index (κ1) is 10.6. The van der Waals surface area contributed by atoms with E-state index in [4.69, 9.17) is 21.6 Å². The quantitative estimate of drug-likeness (QED) is 0.715. The Balaban J connectivity index is 3.05. The average molecular weight is 210 g/mol. The number of ether oxygens (including phenoxy) is 1. The molecule has 0 fully saturated rings. The van der Waals surface area contributed by atoms with Crippen molar-refractivity contribution in [3.63, 3.8) is 0 Å². The van der Waals surface area contributed by atoms with Gasteiger partial charge < -0.3 is 4.74 Å². The number of benzene rings is 1. The molecule has 0 aliphatic heterocycles. The summed E-state index contributed by atoms with van der Waals surface area (Å²) in [4.78, 5) is 10.7. The van der Waals surface area contributed by atoms with Crippen LogP contribution in [0.2, 0.25) is 0 Å². The van der Waals surface area contributed by atoms with E-state index in [1.165, 1.54) is 7.11 Å². The third kappa shape index (κ3) is 2.75. The molecule has 0 saturated carbocycles. The highest BCUT2D eigenvalue weighted by Crippen LogP contribution is 2.17. The van der Waals surface area contributed by atoms with Gasteiger partial charge in [0.1, 0.15) is 5.75 Å². The van der Waals surface area contributed by atoms with E-state index in [0.717, 1.165) is 0 Å². The normalized spacial score (nSPS) is 9.21. The van der Waals surface area contributed by atoms with Crippen LogP contribution in [0.3, 0.4) is 0 Å². The predicted molar refractivity (Wildman–Crippen MR) is 52.3 cm³/mol. The minimum absolute atomic E-state index is 0.105. The molecule has 0 radical (unpaired) electrons. The summed E-state index contributed by atoms with van der Waals surface area (Å²) in [5, 5.41) is 8.24. The van der Waals surface area contributed by atoms with E-state index >= 15 is 0 Å². The molecule has 0 bridgehead atoms. The maximum atomic E-state index is 10.7. The number of halogens is 1. The Kier molecular flexibility index (Phi) is 3.49. The van der Waals surface area contributed by atoms with Crippen LogP contribution in [0.15, 0.2) is 18.2 Å². The monoisotopic (exact) mass is 209 g/mol. The molecule has 72 valence electrons. The summed E-state index contributed by atoms with van der Waals surface area (Å²) in [6.45, 7) is 0. The fourth-order valence-corrected chi connectivity index (χ4v) is 1.26. The summed E-state index contributed by atoms with van der Waals surface area (Å²) in [6.07, 6.45) is 0.105. The van der Waals surface area contributed by atoms with Crippen LogP contribution in [0, 0.1) is 11.3 Å². The second-order valence-electron chi connectivity index (χ2n) is 2.71. The maximum absolute atomic E-state index is 10.7. The molecule has 3 nitrogen and oxygen atoms in total. The molecule has 4 heteroatoms. The van der Waals surface area contributed by atoms with Crippen molar-refractivity contribution in [2.45, 2.75) is 6.42 Å². The smallest absolute Gasteiger partial charge is 0.226 e. The Labute approximate surface area is 86.9 Å². The van der Waals surface area contributed by atoms with Gasteiger partial charge in [-0.3, -0.25) is 4.79 Å². The molecule has 0 heterocycles. The van der Waals surface area contributed by atoms with E-state index in [1.807, 2.05) is 6.07 Å². The van der Waals surface area contributed by atoms with Crippen molar-refractivity contribution < 1.29 is 9.53 Å². The second kappa shape index (κ2) is 4.64. The van der Waals surface area contributed by atoms with E-state index in [2.05, 4.69) is 0 Å². The van der Waals surface area contributed by atoms with Gasteiger partial charge in [0.2, 0.25) is 5.24 Å². The van der Waals surface area contributed by atoms with Gasteiger partial charge >= 0.3 is 0 Å². The lowest BCUT2D eigenvalue weighted by molar-refractivity contribution is -0.111. The van der Waals surface area contributed by atoms with Gasteiger partial charge in [-0.2, -0.15) is 5.26 Å². The lowest BCUT2D eigenvalue weighted by Crippen LogP contribution is -1.95. The van der Waals surface area contributed by atoms with E-state index in [0.29, 0.717) is 16.9 Å². The van der Waals surface area contributed by atoms with Crippen LogP contribution < -0.4 is 4.74 Å². The third-order valence-electron chi connectivity index (χ3n) is 1.67. The minimum Gasteiger partial charge on any atom is -0.497 e. The Bertz CT molecular complexity index is 396. The minimum atomic E-state index is -0.456. The van der Waals surface area contributed by atoms with Crippen molar-refractivity contribution in [2.75, 3.05) is 7.11 Å². The van der Waals surface area contributed by atoms with Gasteiger partial charge in [-0.15, -0.1) is 0 Å². The van der Waals surface area contributed by atoms with Crippen molar-refractivity contribution in [1.82, 2.24) is 0 Å². The van der Waals surface area contributed by atoms with Crippen molar-refractivity contribution in [3.8, 4) is 11.8 Å². The van der Waals surface area contributed by atoms with Crippen LogP contribution in [-0.4, -0.2) is 12.4 Å². The molecule has 0 saturated heterocycles. The highest BCUT2D eigenvalue weighted by molar-refractivity contribution is 6.63. The SMILES string of the molecule is COc1cc(C#N)cc(CC(=O)Cl)c1. The van der Waals surface area contributed by atoms with Crippen LogP contribution in [0.1, 0.15) is 11.1 Å². The molecule has 0 unspecified atom stereocenters. The lowest BCUT2D eigenvalue weighted by atomic mass is 10.1. The Morgan fingerprint density at radius 2 is 2.29 bits per heavy atom. The summed E-state index contributed by atoms with van der Waals surface area (Å²) >= 11 is 5.24. The van der Waals surface area contributed by atoms with Crippen molar-refractivity contribution in [1.29, 1.82) is 5.26 Å². The topological polar surface area (TPSA) is 50.1 Å². The highest BCUT2D eigenvalue weighted by Gasteiger charge is 2.04. The van der Waals surface area contributed by atoms with Crippen molar-refractivity contribution in [2.24, 2.45) is 0 Å². The van der Waals surface area contributed by atoms with Crippen LogP contribution in [0.5, 0.6) is 5.75 Å². The number of methoxy groups -OCH3 is 1. The number of nitrogens with zero attached hydrogens (tertiary/aromatic N) is 1. The first-order valence-electron chi connectivity index (χ1n) is 3.92. The molecular formula is C10H8ClNO2. The molecule has 1 aromatic carbocycles. The summed E-state index contributed by atoms with van der Waals surface area (Å²) < 4.78 is 4.97. The average Bonchev–Trinajstić information content (AvgIpc) is 2.16. The molecule has 1 aromatic rings. The van der Waals surface area contributed by atoms with Gasteiger partial charge in [0, 0.05) is 6.42 Å². The summed E-state index contributed by atoms with van der Waals surface area (Å²) in [5.41, 5.74) is 1.14. The van der Waals surface area contributed by atoms with Crippen molar-refractivity contribution >= 4 is 16.8 Å². The molecule has 0 N–H and O–H groups in total. The predicted octanol–water partition coefficient (Wildman–Crippen LogP) is 1.87. The van der Waals surface area contributed by atoms with Gasteiger partial charge in [0.25, 0.3) is 0 Å².